The average molecular weight is 198 g/mol. The molecule has 72 valence electrons. The van der Waals surface area contributed by atoms with Crippen molar-refractivity contribution >= 4 is 11.6 Å². The minimum Gasteiger partial charge on any atom is -0.328 e. The predicted octanol–water partition coefficient (Wildman–Crippen LogP) is 2.93. The lowest BCUT2D eigenvalue weighted by atomic mass is 10.0. The Morgan fingerprint density at radius 3 is 2.69 bits per heavy atom. The molecule has 1 aromatic carbocycles. The highest BCUT2D eigenvalue weighted by Gasteiger charge is 2.04. The summed E-state index contributed by atoms with van der Waals surface area (Å²) in [4.78, 5) is 0. The van der Waals surface area contributed by atoms with Gasteiger partial charge in [0.2, 0.25) is 0 Å². The van der Waals surface area contributed by atoms with E-state index < -0.39 is 0 Å². The molecule has 0 radical (unpaired) electrons. The van der Waals surface area contributed by atoms with Gasteiger partial charge in [-0.3, -0.25) is 0 Å². The molecule has 0 aromatic heterocycles. The van der Waals surface area contributed by atoms with E-state index >= 15 is 0 Å². The molecule has 1 aromatic rings. The van der Waals surface area contributed by atoms with Crippen LogP contribution in [0.2, 0.25) is 5.02 Å². The molecule has 13 heavy (non-hydrogen) atoms. The Morgan fingerprint density at radius 1 is 1.46 bits per heavy atom. The van der Waals surface area contributed by atoms with Gasteiger partial charge in [-0.2, -0.15) is 0 Å². The number of rotatable bonds is 3. The van der Waals surface area contributed by atoms with Crippen molar-refractivity contribution in [2.24, 2.45) is 5.73 Å². The molecule has 0 aliphatic heterocycles. The van der Waals surface area contributed by atoms with Crippen LogP contribution in [-0.4, -0.2) is 6.04 Å². The van der Waals surface area contributed by atoms with Crippen LogP contribution in [0.25, 0.3) is 0 Å². The van der Waals surface area contributed by atoms with Crippen molar-refractivity contribution < 1.29 is 0 Å². The fourth-order valence-corrected chi connectivity index (χ4v) is 1.67. The second-order valence-corrected chi connectivity index (χ2v) is 3.96. The van der Waals surface area contributed by atoms with E-state index in [0.717, 1.165) is 17.9 Å². The van der Waals surface area contributed by atoms with Crippen molar-refractivity contribution in [1.82, 2.24) is 0 Å². The van der Waals surface area contributed by atoms with E-state index in [-0.39, 0.29) is 6.04 Å². The van der Waals surface area contributed by atoms with Crippen LogP contribution in [0.4, 0.5) is 0 Å². The molecule has 0 fully saturated rings. The van der Waals surface area contributed by atoms with Gasteiger partial charge in [0.1, 0.15) is 0 Å². The quantitative estimate of drug-likeness (QED) is 0.793. The van der Waals surface area contributed by atoms with Crippen molar-refractivity contribution in [2.75, 3.05) is 0 Å². The maximum atomic E-state index is 6.07. The molecule has 0 saturated heterocycles. The second-order valence-electron chi connectivity index (χ2n) is 3.55. The second kappa shape index (κ2) is 4.64. The molecule has 0 spiro atoms. The summed E-state index contributed by atoms with van der Waals surface area (Å²) in [6.07, 6.45) is 1.97. The van der Waals surface area contributed by atoms with Gasteiger partial charge >= 0.3 is 0 Å². The molecule has 0 heterocycles. The highest BCUT2D eigenvalue weighted by Crippen LogP contribution is 2.21. The molecule has 1 atom stereocenters. The number of benzene rings is 1. The van der Waals surface area contributed by atoms with Crippen molar-refractivity contribution in [3.05, 3.63) is 34.3 Å². The summed E-state index contributed by atoms with van der Waals surface area (Å²) >= 11 is 6.07. The van der Waals surface area contributed by atoms with Gasteiger partial charge in [-0.1, -0.05) is 23.7 Å². The summed E-state index contributed by atoms with van der Waals surface area (Å²) in [6.45, 7) is 4.11. The zero-order chi connectivity index (χ0) is 9.84. The van der Waals surface area contributed by atoms with Crippen LogP contribution in [0, 0.1) is 6.92 Å². The first-order valence-electron chi connectivity index (χ1n) is 4.61. The van der Waals surface area contributed by atoms with Crippen molar-refractivity contribution in [3.8, 4) is 0 Å². The molecule has 0 bridgehead atoms. The highest BCUT2D eigenvalue weighted by molar-refractivity contribution is 6.31. The van der Waals surface area contributed by atoms with Gasteiger partial charge in [0, 0.05) is 11.1 Å². The molecule has 2 heteroatoms. The van der Waals surface area contributed by atoms with Gasteiger partial charge in [0.25, 0.3) is 0 Å². The monoisotopic (exact) mass is 197 g/mol. The first-order chi connectivity index (χ1) is 6.11. The maximum absolute atomic E-state index is 6.07. The lowest BCUT2D eigenvalue weighted by Crippen LogP contribution is -2.15. The van der Waals surface area contributed by atoms with Gasteiger partial charge in [0.05, 0.1) is 0 Å². The van der Waals surface area contributed by atoms with Crippen LogP contribution >= 0.6 is 11.6 Å². The average Bonchev–Trinajstić information content (AvgIpc) is 2.03. The van der Waals surface area contributed by atoms with Gasteiger partial charge in [-0.15, -0.1) is 0 Å². The van der Waals surface area contributed by atoms with Crippen LogP contribution in [0.5, 0.6) is 0 Å². The van der Waals surface area contributed by atoms with E-state index in [1.54, 1.807) is 0 Å². The van der Waals surface area contributed by atoms with Crippen LogP contribution in [0.15, 0.2) is 18.2 Å². The fourth-order valence-electron chi connectivity index (χ4n) is 1.36. The van der Waals surface area contributed by atoms with Gasteiger partial charge in [0.15, 0.2) is 0 Å². The van der Waals surface area contributed by atoms with Crippen LogP contribution in [0.1, 0.15) is 24.5 Å². The molecule has 1 nitrogen and oxygen atoms in total. The molecule has 0 aliphatic carbocycles. The molecular formula is C11H16ClN. The summed E-state index contributed by atoms with van der Waals surface area (Å²) in [7, 11) is 0. The SMILES string of the molecule is Cc1cccc(Cl)c1CC[C@@H](C)N. The van der Waals surface area contributed by atoms with Gasteiger partial charge < -0.3 is 5.73 Å². The first kappa shape index (κ1) is 10.6. The van der Waals surface area contributed by atoms with Crippen molar-refractivity contribution in [3.63, 3.8) is 0 Å². The minimum absolute atomic E-state index is 0.246. The Bertz CT molecular complexity index is 261. The third-order valence-corrected chi connectivity index (χ3v) is 2.56. The molecule has 2 N–H and O–H groups in total. The summed E-state index contributed by atoms with van der Waals surface area (Å²) in [6, 6.07) is 6.25. The molecule has 0 amide bonds. The van der Waals surface area contributed by atoms with Crippen LogP contribution in [0.3, 0.4) is 0 Å². The number of halogens is 1. The zero-order valence-electron chi connectivity index (χ0n) is 8.18. The Labute approximate surface area is 84.9 Å². The van der Waals surface area contributed by atoms with Crippen LogP contribution in [-0.2, 0) is 6.42 Å². The van der Waals surface area contributed by atoms with Crippen LogP contribution < -0.4 is 5.73 Å². The zero-order valence-corrected chi connectivity index (χ0v) is 8.93. The maximum Gasteiger partial charge on any atom is 0.0440 e. The molecule has 1 rings (SSSR count). The molecule has 0 aliphatic rings. The molecular weight excluding hydrogens is 182 g/mol. The molecule has 0 saturated carbocycles. The third kappa shape index (κ3) is 3.02. The Balaban J connectivity index is 2.75. The van der Waals surface area contributed by atoms with E-state index in [4.69, 9.17) is 17.3 Å². The summed E-state index contributed by atoms with van der Waals surface area (Å²) < 4.78 is 0. The fraction of sp³-hybridized carbons (Fsp3) is 0.455. The normalized spacial score (nSPS) is 12.9. The first-order valence-corrected chi connectivity index (χ1v) is 4.98. The van der Waals surface area contributed by atoms with E-state index in [0.29, 0.717) is 0 Å². The topological polar surface area (TPSA) is 26.0 Å². The largest absolute Gasteiger partial charge is 0.328 e. The number of hydrogen-bond acceptors (Lipinski definition) is 1. The van der Waals surface area contributed by atoms with Gasteiger partial charge in [-0.05, 0) is 43.9 Å². The summed E-state index contributed by atoms with van der Waals surface area (Å²) in [5.74, 6) is 0. The minimum atomic E-state index is 0.246. The summed E-state index contributed by atoms with van der Waals surface area (Å²) in [5.41, 5.74) is 8.19. The Hall–Kier alpha value is -0.530. The lowest BCUT2D eigenvalue weighted by molar-refractivity contribution is 0.665. The van der Waals surface area contributed by atoms with E-state index in [1.165, 1.54) is 11.1 Å². The highest BCUT2D eigenvalue weighted by atomic mass is 35.5. The third-order valence-electron chi connectivity index (χ3n) is 2.20. The van der Waals surface area contributed by atoms with E-state index in [2.05, 4.69) is 13.0 Å². The number of aryl methyl sites for hydroxylation is 1. The number of nitrogens with two attached hydrogens (primary N) is 1. The number of hydrogen-bond donors (Lipinski definition) is 1. The Kier molecular flexibility index (Phi) is 3.76. The predicted molar refractivity (Wildman–Crippen MR) is 58.2 cm³/mol. The van der Waals surface area contributed by atoms with E-state index in [9.17, 15) is 0 Å². The molecule has 0 unspecified atom stereocenters. The van der Waals surface area contributed by atoms with E-state index in [1.807, 2.05) is 19.1 Å². The summed E-state index contributed by atoms with van der Waals surface area (Å²) in [5, 5.41) is 0.862. The van der Waals surface area contributed by atoms with Crippen molar-refractivity contribution in [1.29, 1.82) is 0 Å². The van der Waals surface area contributed by atoms with Gasteiger partial charge in [-0.25, -0.2) is 0 Å². The standard InChI is InChI=1S/C11H16ClN/c1-8-4-3-5-11(12)10(8)7-6-9(2)13/h3-5,9H,6-7,13H2,1-2H3/t9-/m1/s1. The van der Waals surface area contributed by atoms with Crippen molar-refractivity contribution in [2.45, 2.75) is 32.7 Å². The lowest BCUT2D eigenvalue weighted by Gasteiger charge is -2.09. The smallest absolute Gasteiger partial charge is 0.0440 e. The Morgan fingerprint density at radius 2 is 2.15 bits per heavy atom.